The minimum absolute atomic E-state index is 0.0777. The summed E-state index contributed by atoms with van der Waals surface area (Å²) < 4.78 is 4.96. The summed E-state index contributed by atoms with van der Waals surface area (Å²) in [5.41, 5.74) is 0.583. The molecule has 0 aliphatic carbocycles. The van der Waals surface area contributed by atoms with E-state index in [1.807, 2.05) is 26.8 Å². The summed E-state index contributed by atoms with van der Waals surface area (Å²) in [7, 11) is 0. The number of phenols is 2. The van der Waals surface area contributed by atoms with Gasteiger partial charge in [-0.2, -0.15) is 0 Å². The highest BCUT2D eigenvalue weighted by Crippen LogP contribution is 2.27. The summed E-state index contributed by atoms with van der Waals surface area (Å²) in [5.74, 6) is -0.927. The van der Waals surface area contributed by atoms with Gasteiger partial charge in [-0.05, 0) is 44.9 Å². The lowest BCUT2D eigenvalue weighted by atomic mass is 10.1. The molecule has 0 aromatic heterocycles. The Hall–Kier alpha value is -2.56. The fourth-order valence-electron chi connectivity index (χ4n) is 1.48. The van der Waals surface area contributed by atoms with E-state index >= 15 is 0 Å². The van der Waals surface area contributed by atoms with Crippen molar-refractivity contribution in [3.8, 4) is 11.5 Å². The molecule has 25 heavy (non-hydrogen) atoms. The number of esters is 1. The summed E-state index contributed by atoms with van der Waals surface area (Å²) in [6, 6.07) is 2.51. The number of hydrogen-bond donors (Lipinski definition) is 2. The molecule has 0 saturated heterocycles. The van der Waals surface area contributed by atoms with Gasteiger partial charge in [0, 0.05) is 6.07 Å². The molecule has 0 saturated carbocycles. The van der Waals surface area contributed by atoms with Gasteiger partial charge in [-0.1, -0.05) is 26.8 Å². The molecule has 0 aliphatic heterocycles. The maximum Gasteiger partial charge on any atom is 0.342 e. The Morgan fingerprint density at radius 1 is 1.24 bits per heavy atom. The molecular formula is C20H32O5. The molecule has 0 heterocycles. The van der Waals surface area contributed by atoms with Crippen LogP contribution < -0.4 is 0 Å². The quantitative estimate of drug-likeness (QED) is 0.347. The Morgan fingerprint density at radius 3 is 2.08 bits per heavy atom. The predicted molar refractivity (Wildman–Crippen MR) is 103 cm³/mol. The third-order valence-electron chi connectivity index (χ3n) is 2.30. The molecule has 0 aliphatic rings. The Kier molecular flexibility index (Phi) is 19.4. The molecule has 0 atom stereocenters. The minimum Gasteiger partial charge on any atom is -0.508 e. The van der Waals surface area contributed by atoms with E-state index in [2.05, 4.69) is 13.2 Å². The standard InChI is InChI=1S/C11H14O4.C5H8O.C2H6.C2H4/c1-6(2)15-11(14)10-7(3)4-8(12)5-9(10)13;1-2-3-4-5-6;2*1-2/h4-6,12-13H,1-3H3;3-5H,2H2,1H3;1-2H3;1-2H2/b;4-3+;;. The molecule has 1 rings (SSSR count). The number of benzene rings is 1. The highest BCUT2D eigenvalue weighted by Gasteiger charge is 2.17. The third-order valence-corrected chi connectivity index (χ3v) is 2.30. The summed E-state index contributed by atoms with van der Waals surface area (Å²) in [6.45, 7) is 17.1. The van der Waals surface area contributed by atoms with Crippen LogP contribution in [0.2, 0.25) is 0 Å². The van der Waals surface area contributed by atoms with Gasteiger partial charge >= 0.3 is 5.97 Å². The first kappa shape index (κ1) is 27.3. The highest BCUT2D eigenvalue weighted by molar-refractivity contribution is 5.94. The lowest BCUT2D eigenvalue weighted by molar-refractivity contribution is -0.104. The number of hydrogen-bond acceptors (Lipinski definition) is 5. The molecule has 0 amide bonds. The van der Waals surface area contributed by atoms with Gasteiger partial charge in [0.15, 0.2) is 0 Å². The number of ether oxygens (including phenoxy) is 1. The van der Waals surface area contributed by atoms with Crippen LogP contribution in [0.5, 0.6) is 11.5 Å². The number of aryl methyl sites for hydroxylation is 1. The zero-order chi connectivity index (χ0) is 20.4. The monoisotopic (exact) mass is 352 g/mol. The van der Waals surface area contributed by atoms with Crippen LogP contribution in [0.1, 0.15) is 57.0 Å². The summed E-state index contributed by atoms with van der Waals surface area (Å²) in [6.07, 6.45) is 4.79. The molecule has 0 fully saturated rings. The third kappa shape index (κ3) is 13.6. The zero-order valence-electron chi connectivity index (χ0n) is 16.2. The molecular weight excluding hydrogens is 320 g/mol. The fourth-order valence-corrected chi connectivity index (χ4v) is 1.48. The van der Waals surface area contributed by atoms with Crippen molar-refractivity contribution < 1.29 is 24.5 Å². The SMILES string of the molecule is C=C.CC.CC/C=C/C=O.Cc1cc(O)cc(O)c1C(=O)OC(C)C. The van der Waals surface area contributed by atoms with Crippen molar-refractivity contribution in [3.63, 3.8) is 0 Å². The van der Waals surface area contributed by atoms with Crippen LogP contribution >= 0.6 is 0 Å². The average molecular weight is 352 g/mol. The van der Waals surface area contributed by atoms with Gasteiger partial charge in [0.05, 0.1) is 6.10 Å². The molecule has 5 heteroatoms. The largest absolute Gasteiger partial charge is 0.508 e. The smallest absolute Gasteiger partial charge is 0.342 e. The molecule has 2 N–H and O–H groups in total. The maximum atomic E-state index is 11.5. The van der Waals surface area contributed by atoms with Crippen molar-refractivity contribution in [1.29, 1.82) is 0 Å². The van der Waals surface area contributed by atoms with E-state index in [4.69, 9.17) is 9.84 Å². The first-order chi connectivity index (χ1) is 11.8. The van der Waals surface area contributed by atoms with Crippen molar-refractivity contribution in [2.45, 2.75) is 54.1 Å². The Labute approximate surface area is 151 Å². The van der Waals surface area contributed by atoms with Crippen LogP contribution in [0.3, 0.4) is 0 Å². The molecule has 0 radical (unpaired) electrons. The van der Waals surface area contributed by atoms with E-state index in [-0.39, 0.29) is 23.2 Å². The van der Waals surface area contributed by atoms with Crippen LogP contribution in [-0.2, 0) is 9.53 Å². The number of aldehydes is 1. The number of phenolic OH excluding ortho intramolecular Hbond substituents is 2. The van der Waals surface area contributed by atoms with Crippen molar-refractivity contribution >= 4 is 12.3 Å². The van der Waals surface area contributed by atoms with Crippen molar-refractivity contribution in [2.24, 2.45) is 0 Å². The van der Waals surface area contributed by atoms with Gasteiger partial charge in [0.25, 0.3) is 0 Å². The molecule has 142 valence electrons. The maximum absolute atomic E-state index is 11.5. The van der Waals surface area contributed by atoms with Gasteiger partial charge in [0.2, 0.25) is 0 Å². The molecule has 0 unspecified atom stereocenters. The number of carbonyl (C=O) groups excluding carboxylic acids is 2. The molecule has 1 aromatic rings. The lowest BCUT2D eigenvalue weighted by Gasteiger charge is -2.11. The number of carbonyl (C=O) groups is 2. The van der Waals surface area contributed by atoms with Crippen LogP contribution in [0.15, 0.2) is 37.4 Å². The number of aromatic hydroxyl groups is 2. The highest BCUT2D eigenvalue weighted by atomic mass is 16.5. The first-order valence-corrected chi connectivity index (χ1v) is 8.17. The Balaban J connectivity index is -0.000000407. The van der Waals surface area contributed by atoms with E-state index in [0.717, 1.165) is 18.8 Å². The minimum atomic E-state index is -0.583. The number of rotatable bonds is 4. The topological polar surface area (TPSA) is 83.8 Å². The summed E-state index contributed by atoms with van der Waals surface area (Å²) in [4.78, 5) is 21.0. The second-order valence-electron chi connectivity index (χ2n) is 4.58. The van der Waals surface area contributed by atoms with Gasteiger partial charge in [-0.15, -0.1) is 13.2 Å². The second kappa shape index (κ2) is 17.8. The lowest BCUT2D eigenvalue weighted by Crippen LogP contribution is -2.13. The average Bonchev–Trinajstić information content (AvgIpc) is 2.55. The fraction of sp³-hybridized carbons (Fsp3) is 0.400. The molecule has 0 spiro atoms. The van der Waals surface area contributed by atoms with Crippen LogP contribution in [0, 0.1) is 6.92 Å². The Bertz CT molecular complexity index is 496. The molecule has 0 bridgehead atoms. The van der Waals surface area contributed by atoms with Crippen LogP contribution in [-0.4, -0.2) is 28.6 Å². The summed E-state index contributed by atoms with van der Waals surface area (Å²) in [5, 5.41) is 18.7. The van der Waals surface area contributed by atoms with E-state index < -0.39 is 5.97 Å². The van der Waals surface area contributed by atoms with Crippen LogP contribution in [0.25, 0.3) is 0 Å². The van der Waals surface area contributed by atoms with Crippen molar-refractivity contribution in [3.05, 3.63) is 48.6 Å². The van der Waals surface area contributed by atoms with E-state index in [1.54, 1.807) is 20.8 Å². The number of allylic oxidation sites excluding steroid dienone is 2. The molecule has 5 nitrogen and oxygen atoms in total. The van der Waals surface area contributed by atoms with Gasteiger partial charge < -0.3 is 14.9 Å². The Morgan fingerprint density at radius 2 is 1.76 bits per heavy atom. The van der Waals surface area contributed by atoms with E-state index in [1.165, 1.54) is 12.1 Å². The normalized spacial score (nSPS) is 8.92. The van der Waals surface area contributed by atoms with E-state index in [0.29, 0.717) is 5.56 Å². The zero-order valence-corrected chi connectivity index (χ0v) is 16.2. The van der Waals surface area contributed by atoms with E-state index in [9.17, 15) is 14.7 Å². The summed E-state index contributed by atoms with van der Waals surface area (Å²) >= 11 is 0. The van der Waals surface area contributed by atoms with Gasteiger partial charge in [0.1, 0.15) is 23.3 Å². The van der Waals surface area contributed by atoms with Crippen molar-refractivity contribution in [2.75, 3.05) is 0 Å². The van der Waals surface area contributed by atoms with Crippen molar-refractivity contribution in [1.82, 2.24) is 0 Å². The van der Waals surface area contributed by atoms with Crippen LogP contribution in [0.4, 0.5) is 0 Å². The molecule has 1 aromatic carbocycles. The first-order valence-electron chi connectivity index (χ1n) is 8.17. The van der Waals surface area contributed by atoms with Gasteiger partial charge in [-0.3, -0.25) is 4.79 Å². The van der Waals surface area contributed by atoms with Gasteiger partial charge in [-0.25, -0.2) is 4.79 Å². The predicted octanol–water partition coefficient (Wildman–Crippen LogP) is 4.95. The second-order valence-corrected chi connectivity index (χ2v) is 4.58.